The Morgan fingerprint density at radius 3 is 2.59 bits per heavy atom. The molecule has 1 unspecified atom stereocenters. The van der Waals surface area contributed by atoms with Crippen molar-refractivity contribution in [2.24, 2.45) is 0 Å². The lowest BCUT2D eigenvalue weighted by molar-refractivity contribution is -0.137. The SMILES string of the molecule is C=CC(C(=O)N(C)C)n1cc(Nc2ncc(C(F)(F)F)c(NC)n2)c(C)n1. The van der Waals surface area contributed by atoms with Crippen LogP contribution in [0.5, 0.6) is 0 Å². The van der Waals surface area contributed by atoms with Gasteiger partial charge in [-0.2, -0.15) is 23.3 Å². The minimum absolute atomic E-state index is 0.0379. The smallest absolute Gasteiger partial charge is 0.372 e. The number of alkyl halides is 3. The van der Waals surface area contributed by atoms with Crippen molar-refractivity contribution >= 4 is 23.4 Å². The Kier molecular flexibility index (Phi) is 5.72. The monoisotopic (exact) mass is 383 g/mol. The Balaban J connectivity index is 2.32. The Labute approximate surface area is 154 Å². The Bertz CT molecular complexity index is 845. The highest BCUT2D eigenvalue weighted by molar-refractivity contribution is 5.81. The van der Waals surface area contributed by atoms with Crippen molar-refractivity contribution in [3.05, 3.63) is 36.3 Å². The lowest BCUT2D eigenvalue weighted by Crippen LogP contribution is -2.30. The molecule has 1 atom stereocenters. The van der Waals surface area contributed by atoms with Gasteiger partial charge in [0.25, 0.3) is 5.91 Å². The summed E-state index contributed by atoms with van der Waals surface area (Å²) in [7, 11) is 4.57. The number of amides is 1. The summed E-state index contributed by atoms with van der Waals surface area (Å²) in [5.74, 6) is -0.608. The molecule has 2 aromatic heterocycles. The second kappa shape index (κ2) is 7.64. The molecule has 0 saturated carbocycles. The van der Waals surface area contributed by atoms with Gasteiger partial charge in [0.1, 0.15) is 17.4 Å². The quantitative estimate of drug-likeness (QED) is 0.746. The van der Waals surface area contributed by atoms with E-state index >= 15 is 0 Å². The number of carbonyl (C=O) groups is 1. The number of hydrogen-bond acceptors (Lipinski definition) is 6. The molecular formula is C16H20F3N7O. The fraction of sp³-hybridized carbons (Fsp3) is 0.375. The molecule has 0 aliphatic rings. The highest BCUT2D eigenvalue weighted by Gasteiger charge is 2.35. The van der Waals surface area contributed by atoms with Gasteiger partial charge in [0.05, 0.1) is 17.6 Å². The van der Waals surface area contributed by atoms with Crippen molar-refractivity contribution in [3.8, 4) is 0 Å². The Hall–Kier alpha value is -3.11. The van der Waals surface area contributed by atoms with Crippen LogP contribution in [-0.2, 0) is 11.0 Å². The van der Waals surface area contributed by atoms with Gasteiger partial charge in [0, 0.05) is 27.3 Å². The second-order valence-corrected chi connectivity index (χ2v) is 5.85. The molecule has 146 valence electrons. The van der Waals surface area contributed by atoms with Crippen molar-refractivity contribution < 1.29 is 18.0 Å². The van der Waals surface area contributed by atoms with Crippen molar-refractivity contribution in [2.45, 2.75) is 19.1 Å². The number of hydrogen-bond donors (Lipinski definition) is 2. The number of aromatic nitrogens is 4. The molecule has 0 bridgehead atoms. The van der Waals surface area contributed by atoms with E-state index in [1.807, 2.05) is 0 Å². The van der Waals surface area contributed by atoms with Gasteiger partial charge in [-0.15, -0.1) is 6.58 Å². The second-order valence-electron chi connectivity index (χ2n) is 5.85. The summed E-state index contributed by atoms with van der Waals surface area (Å²) < 4.78 is 40.2. The summed E-state index contributed by atoms with van der Waals surface area (Å²) in [5.41, 5.74) is 0.00407. The first-order chi connectivity index (χ1) is 12.6. The van der Waals surface area contributed by atoms with Gasteiger partial charge in [-0.3, -0.25) is 9.48 Å². The predicted octanol–water partition coefficient (Wildman–Crippen LogP) is 2.60. The third kappa shape index (κ3) is 4.36. The zero-order valence-electron chi connectivity index (χ0n) is 15.3. The molecule has 0 aliphatic heterocycles. The average Bonchev–Trinajstić information content (AvgIpc) is 2.94. The van der Waals surface area contributed by atoms with Crippen molar-refractivity contribution in [1.29, 1.82) is 0 Å². The van der Waals surface area contributed by atoms with Crippen LogP contribution < -0.4 is 10.6 Å². The minimum Gasteiger partial charge on any atom is -0.372 e. The largest absolute Gasteiger partial charge is 0.421 e. The predicted molar refractivity (Wildman–Crippen MR) is 94.8 cm³/mol. The lowest BCUT2D eigenvalue weighted by atomic mass is 10.2. The van der Waals surface area contributed by atoms with Crippen LogP contribution in [-0.4, -0.2) is 51.7 Å². The topological polar surface area (TPSA) is 88.0 Å². The summed E-state index contributed by atoms with van der Waals surface area (Å²) in [5, 5.41) is 9.49. The molecule has 0 spiro atoms. The molecule has 0 aromatic carbocycles. The molecular weight excluding hydrogens is 363 g/mol. The summed E-state index contributed by atoms with van der Waals surface area (Å²) in [6.07, 6.45) is -0.875. The standard InChI is InChI=1S/C16H20F3N7O/c1-6-12(14(27)25(4)5)26-8-11(9(2)24-26)22-15-21-7-10(16(17,18)19)13(20-3)23-15/h6-8,12H,1H2,2-5H3,(H2,20,21,22,23). The number of anilines is 3. The third-order valence-corrected chi connectivity index (χ3v) is 3.70. The molecule has 0 fully saturated rings. The maximum absolute atomic E-state index is 12.9. The number of rotatable bonds is 6. The van der Waals surface area contributed by atoms with Gasteiger partial charge in [-0.1, -0.05) is 6.08 Å². The fourth-order valence-electron chi connectivity index (χ4n) is 2.29. The van der Waals surface area contributed by atoms with Crippen LogP contribution in [0.15, 0.2) is 25.0 Å². The molecule has 2 aromatic rings. The van der Waals surface area contributed by atoms with Crippen LogP contribution >= 0.6 is 0 Å². The lowest BCUT2D eigenvalue weighted by Gasteiger charge is -2.17. The molecule has 1 amide bonds. The van der Waals surface area contributed by atoms with E-state index in [1.165, 1.54) is 22.7 Å². The molecule has 8 nitrogen and oxygen atoms in total. The number of nitrogens with one attached hydrogen (secondary N) is 2. The minimum atomic E-state index is -4.57. The molecule has 0 radical (unpaired) electrons. The van der Waals surface area contributed by atoms with E-state index < -0.39 is 17.8 Å². The summed E-state index contributed by atoms with van der Waals surface area (Å²) in [4.78, 5) is 21.2. The highest BCUT2D eigenvalue weighted by Crippen LogP contribution is 2.34. The zero-order chi connectivity index (χ0) is 20.4. The van der Waals surface area contributed by atoms with E-state index in [1.54, 1.807) is 27.2 Å². The Morgan fingerprint density at radius 2 is 2.07 bits per heavy atom. The molecule has 2 rings (SSSR count). The van der Waals surface area contributed by atoms with Crippen molar-refractivity contribution in [1.82, 2.24) is 24.6 Å². The van der Waals surface area contributed by atoms with E-state index in [4.69, 9.17) is 0 Å². The normalized spacial score (nSPS) is 12.4. The van der Waals surface area contributed by atoms with E-state index in [0.29, 0.717) is 17.6 Å². The number of nitrogens with zero attached hydrogens (tertiary/aromatic N) is 5. The van der Waals surface area contributed by atoms with Crippen LogP contribution in [0.3, 0.4) is 0 Å². The van der Waals surface area contributed by atoms with Gasteiger partial charge in [0.2, 0.25) is 5.95 Å². The number of halogens is 3. The van der Waals surface area contributed by atoms with E-state index in [2.05, 4.69) is 32.3 Å². The maximum atomic E-state index is 12.9. The summed E-state index contributed by atoms with van der Waals surface area (Å²) in [6, 6.07) is -0.712. The van der Waals surface area contributed by atoms with Crippen LogP contribution in [0.1, 0.15) is 17.3 Å². The van der Waals surface area contributed by atoms with Crippen LogP contribution in [0, 0.1) is 6.92 Å². The average molecular weight is 383 g/mol. The van der Waals surface area contributed by atoms with Gasteiger partial charge < -0.3 is 15.5 Å². The van der Waals surface area contributed by atoms with Crippen LogP contribution in [0.25, 0.3) is 0 Å². The first kappa shape index (κ1) is 20.2. The fourth-order valence-corrected chi connectivity index (χ4v) is 2.29. The van der Waals surface area contributed by atoms with Gasteiger partial charge in [-0.25, -0.2) is 4.98 Å². The zero-order valence-corrected chi connectivity index (χ0v) is 15.3. The number of likely N-dealkylation sites (N-methyl/N-ethyl adjacent to an activating group) is 1. The van der Waals surface area contributed by atoms with Gasteiger partial charge in [-0.05, 0) is 6.92 Å². The number of carbonyl (C=O) groups excluding carboxylic acids is 1. The Morgan fingerprint density at radius 1 is 1.41 bits per heavy atom. The van der Waals surface area contributed by atoms with Gasteiger partial charge in [0.15, 0.2) is 0 Å². The first-order valence-corrected chi connectivity index (χ1v) is 7.87. The van der Waals surface area contributed by atoms with Gasteiger partial charge >= 0.3 is 6.18 Å². The highest BCUT2D eigenvalue weighted by atomic mass is 19.4. The third-order valence-electron chi connectivity index (χ3n) is 3.70. The summed E-state index contributed by atoms with van der Waals surface area (Å²) >= 11 is 0. The molecule has 27 heavy (non-hydrogen) atoms. The van der Waals surface area contributed by atoms with Crippen molar-refractivity contribution in [3.63, 3.8) is 0 Å². The first-order valence-electron chi connectivity index (χ1n) is 7.87. The van der Waals surface area contributed by atoms with E-state index in [-0.39, 0.29) is 17.7 Å². The van der Waals surface area contributed by atoms with E-state index in [0.717, 1.165) is 0 Å². The molecule has 0 aliphatic carbocycles. The molecule has 0 saturated heterocycles. The molecule has 2 heterocycles. The van der Waals surface area contributed by atoms with Crippen molar-refractivity contribution in [2.75, 3.05) is 31.8 Å². The van der Waals surface area contributed by atoms with Crippen LogP contribution in [0.2, 0.25) is 0 Å². The summed E-state index contributed by atoms with van der Waals surface area (Å²) in [6.45, 7) is 5.33. The molecule has 2 N–H and O–H groups in total. The number of aryl methyl sites for hydroxylation is 1. The molecule has 11 heteroatoms. The van der Waals surface area contributed by atoms with E-state index in [9.17, 15) is 18.0 Å². The van der Waals surface area contributed by atoms with Crippen LogP contribution in [0.4, 0.5) is 30.6 Å². The maximum Gasteiger partial charge on any atom is 0.421 e.